The van der Waals surface area contributed by atoms with Gasteiger partial charge < -0.3 is 4.74 Å². The molecule has 0 radical (unpaired) electrons. The average Bonchev–Trinajstić information content (AvgIpc) is 3.24. The summed E-state index contributed by atoms with van der Waals surface area (Å²) < 4.78 is 52.3. The molecule has 0 aliphatic rings. The average molecular weight is 529 g/mol. The Labute approximate surface area is 217 Å². The summed E-state index contributed by atoms with van der Waals surface area (Å²) >= 11 is 0. The van der Waals surface area contributed by atoms with Gasteiger partial charge in [-0.1, -0.05) is 37.8 Å². The molecular formula is C26H33FN6O3S. The van der Waals surface area contributed by atoms with Crippen LogP contribution in [0.4, 0.5) is 10.3 Å². The first-order valence-corrected chi connectivity index (χ1v) is 13.5. The van der Waals surface area contributed by atoms with Crippen LogP contribution in [0.3, 0.4) is 0 Å². The summed E-state index contributed by atoms with van der Waals surface area (Å²) in [6.45, 7) is 16.3. The lowest BCUT2D eigenvalue weighted by atomic mass is 10.1. The molecule has 0 fully saturated rings. The summed E-state index contributed by atoms with van der Waals surface area (Å²) in [5.41, 5.74) is 1.38. The number of nitrogens with one attached hydrogen (secondary N) is 1. The van der Waals surface area contributed by atoms with Gasteiger partial charge in [-0.2, -0.15) is 0 Å². The van der Waals surface area contributed by atoms with Crippen LogP contribution in [-0.4, -0.2) is 44.5 Å². The molecule has 2 unspecified atom stereocenters. The normalized spacial score (nSPS) is 14.2. The molecule has 3 atom stereocenters. The summed E-state index contributed by atoms with van der Waals surface area (Å²) in [7, 11) is -4.15. The van der Waals surface area contributed by atoms with Crippen molar-refractivity contribution in [3.05, 3.63) is 78.4 Å². The molecule has 0 spiro atoms. The number of ether oxygens (including phenoxy) is 1. The molecule has 2 heterocycles. The van der Waals surface area contributed by atoms with Crippen molar-refractivity contribution in [2.75, 3.05) is 4.72 Å². The maximum Gasteiger partial charge on any atom is 0.243 e. The number of anilines is 1. The van der Waals surface area contributed by atoms with Crippen LogP contribution in [0, 0.1) is 12.7 Å². The van der Waals surface area contributed by atoms with Crippen LogP contribution in [0.25, 0.3) is 11.8 Å². The lowest BCUT2D eigenvalue weighted by Crippen LogP contribution is -2.35. The number of aromatic nitrogens is 5. The second kappa shape index (κ2) is 11.7. The Morgan fingerprint density at radius 1 is 1.14 bits per heavy atom. The Balaban J connectivity index is 2.10. The third-order valence-electron chi connectivity index (χ3n) is 5.73. The molecule has 3 rings (SSSR count). The van der Waals surface area contributed by atoms with E-state index in [1.54, 1.807) is 44.4 Å². The van der Waals surface area contributed by atoms with Crippen LogP contribution in [0.1, 0.15) is 68.9 Å². The second-order valence-corrected chi connectivity index (χ2v) is 11.1. The number of halogens is 1. The molecule has 0 aliphatic heterocycles. The molecule has 0 amide bonds. The standard InChI is InChI=1S/C26H33FN6O3S/c1-8-11-18(6)25-30-31-26(33(25)22-20(9-2)12-10-13-21(22)27)32-37(34,35)19(7)23(36-16(3)4)24-28-14-17(5)15-29-24/h8-10,12-16,18-19,23H,1-2,11H2,3-7H3,(H,31,32)/t18-,19?,23?/m1/s1. The van der Waals surface area contributed by atoms with Gasteiger partial charge >= 0.3 is 0 Å². The zero-order chi connectivity index (χ0) is 27.3. The summed E-state index contributed by atoms with van der Waals surface area (Å²) in [5.74, 6) is -0.348. The van der Waals surface area contributed by atoms with E-state index in [0.29, 0.717) is 17.8 Å². The minimum atomic E-state index is -4.15. The molecule has 9 nitrogen and oxygen atoms in total. The number of rotatable bonds is 12. The predicted molar refractivity (Wildman–Crippen MR) is 142 cm³/mol. The molecule has 0 bridgehead atoms. The predicted octanol–water partition coefficient (Wildman–Crippen LogP) is 5.12. The van der Waals surface area contributed by atoms with Gasteiger partial charge in [0.25, 0.3) is 0 Å². The maximum absolute atomic E-state index is 15.2. The molecule has 11 heteroatoms. The van der Waals surface area contributed by atoms with E-state index in [4.69, 9.17) is 4.74 Å². The fourth-order valence-electron chi connectivity index (χ4n) is 3.80. The van der Waals surface area contributed by atoms with Crippen molar-refractivity contribution in [2.24, 2.45) is 0 Å². The van der Waals surface area contributed by atoms with Crippen LogP contribution in [0.2, 0.25) is 0 Å². The van der Waals surface area contributed by atoms with E-state index in [1.807, 2.05) is 13.8 Å². The molecular weight excluding hydrogens is 495 g/mol. The summed E-state index contributed by atoms with van der Waals surface area (Å²) in [4.78, 5) is 8.58. The van der Waals surface area contributed by atoms with Crippen LogP contribution in [0.15, 0.2) is 49.8 Å². The largest absolute Gasteiger partial charge is 0.366 e. The minimum absolute atomic E-state index is 0.0932. The van der Waals surface area contributed by atoms with E-state index in [9.17, 15) is 8.42 Å². The maximum atomic E-state index is 15.2. The van der Waals surface area contributed by atoms with E-state index < -0.39 is 27.2 Å². The Hall–Kier alpha value is -3.44. The molecule has 1 N–H and O–H groups in total. The van der Waals surface area contributed by atoms with Crippen molar-refractivity contribution in [3.8, 4) is 5.69 Å². The van der Waals surface area contributed by atoms with E-state index in [-0.39, 0.29) is 29.5 Å². The van der Waals surface area contributed by atoms with Crippen LogP contribution < -0.4 is 4.72 Å². The fourth-order valence-corrected chi connectivity index (χ4v) is 4.88. The fraction of sp³-hybridized carbons (Fsp3) is 0.385. The zero-order valence-corrected chi connectivity index (χ0v) is 22.5. The van der Waals surface area contributed by atoms with Gasteiger partial charge in [0.05, 0.1) is 11.8 Å². The Kier molecular flexibility index (Phi) is 8.93. The van der Waals surface area contributed by atoms with Crippen molar-refractivity contribution in [2.45, 2.75) is 64.4 Å². The first-order valence-electron chi connectivity index (χ1n) is 11.9. The molecule has 0 aliphatic carbocycles. The Bertz CT molecular complexity index is 1360. The smallest absolute Gasteiger partial charge is 0.243 e. The van der Waals surface area contributed by atoms with Crippen LogP contribution in [-0.2, 0) is 14.8 Å². The first kappa shape index (κ1) is 28.1. The number of aryl methyl sites for hydroxylation is 1. The lowest BCUT2D eigenvalue weighted by molar-refractivity contribution is 0.00152. The molecule has 2 aromatic heterocycles. The summed E-state index contributed by atoms with van der Waals surface area (Å²) in [5, 5.41) is 7.19. The van der Waals surface area contributed by atoms with Gasteiger partial charge in [0.15, 0.2) is 5.82 Å². The lowest BCUT2D eigenvalue weighted by Gasteiger charge is -2.25. The van der Waals surface area contributed by atoms with Gasteiger partial charge in [0, 0.05) is 23.9 Å². The quantitative estimate of drug-likeness (QED) is 0.325. The number of allylic oxidation sites excluding steroid dienone is 1. The molecule has 3 aromatic rings. The molecule has 0 saturated carbocycles. The number of benzene rings is 1. The van der Waals surface area contributed by atoms with Gasteiger partial charge in [-0.3, -0.25) is 9.29 Å². The number of hydrogen-bond donors (Lipinski definition) is 1. The molecule has 1 aromatic carbocycles. The highest BCUT2D eigenvalue weighted by Gasteiger charge is 2.36. The van der Waals surface area contributed by atoms with Gasteiger partial charge in [-0.25, -0.2) is 22.8 Å². The van der Waals surface area contributed by atoms with Gasteiger partial charge in [-0.05, 0) is 45.7 Å². The number of nitrogens with zero attached hydrogens (tertiary/aromatic N) is 5. The van der Waals surface area contributed by atoms with Crippen molar-refractivity contribution in [3.63, 3.8) is 0 Å². The molecule has 198 valence electrons. The van der Waals surface area contributed by atoms with Crippen molar-refractivity contribution < 1.29 is 17.5 Å². The highest BCUT2D eigenvalue weighted by molar-refractivity contribution is 7.93. The number of para-hydroxylation sites is 1. The SMILES string of the molecule is C=CC[C@@H](C)c1nnc(NS(=O)(=O)C(C)C(OC(C)C)c2ncc(C)cn2)n1-c1c(F)cccc1C=C. The Morgan fingerprint density at radius 3 is 2.41 bits per heavy atom. The molecule has 37 heavy (non-hydrogen) atoms. The summed E-state index contributed by atoms with van der Waals surface area (Å²) in [6.07, 6.45) is 5.66. The zero-order valence-electron chi connectivity index (χ0n) is 21.7. The van der Waals surface area contributed by atoms with E-state index in [0.717, 1.165) is 5.56 Å². The topological polar surface area (TPSA) is 112 Å². The third kappa shape index (κ3) is 6.28. The van der Waals surface area contributed by atoms with Crippen LogP contribution >= 0.6 is 0 Å². The van der Waals surface area contributed by atoms with Gasteiger partial charge in [0.1, 0.15) is 23.0 Å². The van der Waals surface area contributed by atoms with Crippen LogP contribution in [0.5, 0.6) is 0 Å². The number of hydrogen-bond acceptors (Lipinski definition) is 7. The minimum Gasteiger partial charge on any atom is -0.366 e. The van der Waals surface area contributed by atoms with Crippen molar-refractivity contribution >= 4 is 22.0 Å². The van der Waals surface area contributed by atoms with E-state index in [1.165, 1.54) is 23.6 Å². The van der Waals surface area contributed by atoms with Crippen molar-refractivity contribution in [1.29, 1.82) is 0 Å². The highest BCUT2D eigenvalue weighted by Crippen LogP contribution is 2.31. The highest BCUT2D eigenvalue weighted by atomic mass is 32.2. The monoisotopic (exact) mass is 528 g/mol. The first-order chi connectivity index (χ1) is 17.5. The second-order valence-electron chi connectivity index (χ2n) is 9.10. The van der Waals surface area contributed by atoms with Gasteiger partial charge in [-0.15, -0.1) is 16.8 Å². The third-order valence-corrected chi connectivity index (χ3v) is 7.43. The summed E-state index contributed by atoms with van der Waals surface area (Å²) in [6, 6.07) is 4.51. The molecule has 0 saturated heterocycles. The van der Waals surface area contributed by atoms with Gasteiger partial charge in [0.2, 0.25) is 16.0 Å². The Morgan fingerprint density at radius 2 is 1.81 bits per heavy atom. The van der Waals surface area contributed by atoms with E-state index >= 15 is 4.39 Å². The number of sulfonamides is 1. The van der Waals surface area contributed by atoms with E-state index in [2.05, 4.69) is 38.0 Å². The van der Waals surface area contributed by atoms with Crippen molar-refractivity contribution in [1.82, 2.24) is 24.7 Å².